The summed E-state index contributed by atoms with van der Waals surface area (Å²) < 4.78 is 17.3. The Bertz CT molecular complexity index is 205. The summed E-state index contributed by atoms with van der Waals surface area (Å²) in [6, 6.07) is 0. The molecule has 1 aliphatic rings. The van der Waals surface area contributed by atoms with Gasteiger partial charge < -0.3 is 10.5 Å². The topological polar surface area (TPSA) is 52.3 Å². The van der Waals surface area contributed by atoms with Crippen molar-refractivity contribution in [1.29, 1.82) is 0 Å². The van der Waals surface area contributed by atoms with Crippen LogP contribution in [0.25, 0.3) is 0 Å². The molecule has 2 unspecified atom stereocenters. The summed E-state index contributed by atoms with van der Waals surface area (Å²) in [7, 11) is -0.671. The molecule has 0 aromatic rings. The summed E-state index contributed by atoms with van der Waals surface area (Å²) in [6.07, 6.45) is 6.13. The number of rotatable bonds is 8. The van der Waals surface area contributed by atoms with Crippen molar-refractivity contribution in [3.63, 3.8) is 0 Å². The highest BCUT2D eigenvalue weighted by Crippen LogP contribution is 2.25. The predicted octanol–water partition coefficient (Wildman–Crippen LogP) is 1.68. The number of ether oxygens (including phenoxy) is 1. The molecule has 0 aromatic carbocycles. The van der Waals surface area contributed by atoms with E-state index in [4.69, 9.17) is 10.5 Å². The third-order valence-electron chi connectivity index (χ3n) is 3.23. The van der Waals surface area contributed by atoms with Gasteiger partial charge in [0.25, 0.3) is 0 Å². The third-order valence-corrected chi connectivity index (χ3v) is 4.76. The number of nitrogens with two attached hydrogens (primary N) is 1. The Morgan fingerprint density at radius 3 is 2.69 bits per heavy atom. The van der Waals surface area contributed by atoms with E-state index in [-0.39, 0.29) is 6.10 Å². The van der Waals surface area contributed by atoms with Gasteiger partial charge >= 0.3 is 0 Å². The minimum atomic E-state index is -0.671. The van der Waals surface area contributed by atoms with Gasteiger partial charge in [-0.05, 0) is 32.1 Å². The lowest BCUT2D eigenvalue weighted by atomic mass is 10.1. The molecule has 0 radical (unpaired) electrons. The second-order valence-electron chi connectivity index (χ2n) is 4.56. The van der Waals surface area contributed by atoms with Crippen molar-refractivity contribution in [3.05, 3.63) is 0 Å². The van der Waals surface area contributed by atoms with E-state index in [0.29, 0.717) is 19.1 Å². The summed E-state index contributed by atoms with van der Waals surface area (Å²) in [5.41, 5.74) is 5.58. The average molecular weight is 247 g/mol. The van der Waals surface area contributed by atoms with Gasteiger partial charge in [-0.2, -0.15) is 0 Å². The van der Waals surface area contributed by atoms with Gasteiger partial charge in [-0.3, -0.25) is 4.21 Å². The van der Waals surface area contributed by atoms with Gasteiger partial charge in [-0.25, -0.2) is 0 Å². The van der Waals surface area contributed by atoms with Gasteiger partial charge in [0.2, 0.25) is 0 Å². The van der Waals surface area contributed by atoms with Crippen molar-refractivity contribution in [2.45, 2.75) is 45.1 Å². The average Bonchev–Trinajstić information content (AvgIpc) is 2.76. The van der Waals surface area contributed by atoms with E-state index >= 15 is 0 Å². The first-order chi connectivity index (χ1) is 7.76. The second-order valence-corrected chi connectivity index (χ2v) is 6.18. The first-order valence-electron chi connectivity index (χ1n) is 6.42. The molecule has 0 aromatic heterocycles. The highest BCUT2D eigenvalue weighted by atomic mass is 32.2. The summed E-state index contributed by atoms with van der Waals surface area (Å²) >= 11 is 0. The Morgan fingerprint density at radius 1 is 1.44 bits per heavy atom. The Labute approximate surface area is 102 Å². The monoisotopic (exact) mass is 247 g/mol. The molecule has 0 heterocycles. The number of hydrogen-bond donors (Lipinski definition) is 1. The molecule has 4 heteroatoms. The lowest BCUT2D eigenvalue weighted by molar-refractivity contribution is 0.0672. The van der Waals surface area contributed by atoms with Crippen molar-refractivity contribution in [1.82, 2.24) is 0 Å². The molecule has 1 rings (SSSR count). The maximum Gasteiger partial charge on any atom is 0.0705 e. The predicted molar refractivity (Wildman–Crippen MR) is 68.9 cm³/mol. The minimum absolute atomic E-state index is 0.0949. The zero-order valence-corrected chi connectivity index (χ0v) is 11.1. The van der Waals surface area contributed by atoms with E-state index in [1.807, 2.05) is 6.92 Å². The van der Waals surface area contributed by atoms with Crippen molar-refractivity contribution in [2.24, 2.45) is 11.7 Å². The smallest absolute Gasteiger partial charge is 0.0705 e. The van der Waals surface area contributed by atoms with E-state index in [1.165, 1.54) is 25.7 Å². The third kappa shape index (κ3) is 5.41. The van der Waals surface area contributed by atoms with Gasteiger partial charge in [0.1, 0.15) is 0 Å². The second kappa shape index (κ2) is 8.20. The fraction of sp³-hybridized carbons (Fsp3) is 1.00. The Kier molecular flexibility index (Phi) is 7.25. The first kappa shape index (κ1) is 14.1. The van der Waals surface area contributed by atoms with Crippen LogP contribution in [0.15, 0.2) is 0 Å². The van der Waals surface area contributed by atoms with Crippen LogP contribution >= 0.6 is 0 Å². The first-order valence-corrected chi connectivity index (χ1v) is 7.91. The summed E-state index contributed by atoms with van der Waals surface area (Å²) in [4.78, 5) is 0. The van der Waals surface area contributed by atoms with Gasteiger partial charge in [-0.15, -0.1) is 0 Å². The van der Waals surface area contributed by atoms with Crippen LogP contribution in [0.1, 0.15) is 39.0 Å². The van der Waals surface area contributed by atoms with Crippen molar-refractivity contribution in [3.8, 4) is 0 Å². The standard InChI is InChI=1S/C12H25NO2S/c1-2-15-12(9-13)7-8-16(14)10-11-5-3-4-6-11/h11-12H,2-10,13H2,1H3. The zero-order valence-electron chi connectivity index (χ0n) is 10.3. The Morgan fingerprint density at radius 2 is 2.12 bits per heavy atom. The van der Waals surface area contributed by atoms with Crippen LogP contribution in [0.5, 0.6) is 0 Å². The fourth-order valence-electron chi connectivity index (χ4n) is 2.29. The van der Waals surface area contributed by atoms with E-state index in [0.717, 1.165) is 17.9 Å². The molecule has 2 atom stereocenters. The summed E-state index contributed by atoms with van der Waals surface area (Å²) in [6.45, 7) is 3.20. The molecule has 1 saturated carbocycles. The van der Waals surface area contributed by atoms with Gasteiger partial charge in [0.15, 0.2) is 0 Å². The quantitative estimate of drug-likeness (QED) is 0.710. The molecule has 0 amide bonds. The lowest BCUT2D eigenvalue weighted by Gasteiger charge is -2.15. The molecule has 1 aliphatic carbocycles. The maximum absolute atomic E-state index is 11.8. The van der Waals surface area contributed by atoms with Crippen LogP contribution in [0.3, 0.4) is 0 Å². The molecule has 0 saturated heterocycles. The SMILES string of the molecule is CCOC(CN)CCS(=O)CC1CCCC1. The van der Waals surface area contributed by atoms with Crippen LogP contribution in [0.4, 0.5) is 0 Å². The largest absolute Gasteiger partial charge is 0.377 e. The minimum Gasteiger partial charge on any atom is -0.377 e. The fourth-order valence-corrected chi connectivity index (χ4v) is 3.84. The number of hydrogen-bond acceptors (Lipinski definition) is 3. The van der Waals surface area contributed by atoms with Crippen molar-refractivity contribution < 1.29 is 8.95 Å². The molecule has 1 fully saturated rings. The van der Waals surface area contributed by atoms with Crippen LogP contribution in [0, 0.1) is 5.92 Å². The van der Waals surface area contributed by atoms with Crippen molar-refractivity contribution >= 4 is 10.8 Å². The van der Waals surface area contributed by atoms with Gasteiger partial charge in [-0.1, -0.05) is 12.8 Å². The molecule has 0 aliphatic heterocycles. The van der Waals surface area contributed by atoms with Gasteiger partial charge in [0, 0.05) is 35.5 Å². The van der Waals surface area contributed by atoms with Gasteiger partial charge in [0.05, 0.1) is 6.10 Å². The highest BCUT2D eigenvalue weighted by molar-refractivity contribution is 7.84. The Balaban J connectivity index is 2.12. The van der Waals surface area contributed by atoms with E-state index in [2.05, 4.69) is 0 Å². The molecular formula is C12H25NO2S. The summed E-state index contributed by atoms with van der Waals surface area (Å²) in [5, 5.41) is 0. The molecule has 2 N–H and O–H groups in total. The van der Waals surface area contributed by atoms with Crippen molar-refractivity contribution in [2.75, 3.05) is 24.7 Å². The molecular weight excluding hydrogens is 222 g/mol. The van der Waals surface area contributed by atoms with Crippen LogP contribution in [-0.2, 0) is 15.5 Å². The highest BCUT2D eigenvalue weighted by Gasteiger charge is 2.18. The van der Waals surface area contributed by atoms with E-state index < -0.39 is 10.8 Å². The van der Waals surface area contributed by atoms with E-state index in [1.54, 1.807) is 0 Å². The summed E-state index contributed by atoms with van der Waals surface area (Å²) in [5.74, 6) is 2.35. The maximum atomic E-state index is 11.8. The molecule has 96 valence electrons. The van der Waals surface area contributed by atoms with Crippen LogP contribution in [-0.4, -0.2) is 35.0 Å². The molecule has 0 bridgehead atoms. The molecule has 3 nitrogen and oxygen atoms in total. The van der Waals surface area contributed by atoms with Crippen LogP contribution < -0.4 is 5.73 Å². The molecule has 16 heavy (non-hydrogen) atoms. The normalized spacial score (nSPS) is 21.1. The Hall–Kier alpha value is 0.0700. The van der Waals surface area contributed by atoms with Crippen LogP contribution in [0.2, 0.25) is 0 Å². The van der Waals surface area contributed by atoms with E-state index in [9.17, 15) is 4.21 Å². The zero-order chi connectivity index (χ0) is 11.8. The lowest BCUT2D eigenvalue weighted by Crippen LogP contribution is -2.26. The molecule has 0 spiro atoms.